The highest BCUT2D eigenvalue weighted by Crippen LogP contribution is 2.29. The van der Waals surface area contributed by atoms with Gasteiger partial charge in [0.1, 0.15) is 18.0 Å². The summed E-state index contributed by atoms with van der Waals surface area (Å²) < 4.78 is 19.3. The highest BCUT2D eigenvalue weighted by atomic mass is 127. The predicted octanol–water partition coefficient (Wildman–Crippen LogP) is 1.48. The van der Waals surface area contributed by atoms with Crippen molar-refractivity contribution in [2.45, 2.75) is 32.7 Å². The molecule has 1 aromatic rings. The fourth-order valence-electron chi connectivity index (χ4n) is 2.95. The number of imide groups is 1. The van der Waals surface area contributed by atoms with E-state index in [2.05, 4.69) is 21.4 Å². The van der Waals surface area contributed by atoms with Crippen molar-refractivity contribution in [1.29, 1.82) is 0 Å². The quantitative estimate of drug-likeness (QED) is 0.163. The molecule has 1 fully saturated rings. The highest BCUT2D eigenvalue weighted by Gasteiger charge is 2.55. The third-order valence-electron chi connectivity index (χ3n) is 4.67. The number of hydrogen-bond donors (Lipinski definition) is 4. The Morgan fingerprint density at radius 3 is 2.56 bits per heavy atom. The first kappa shape index (κ1) is 25.3. The maximum absolute atomic E-state index is 13.9. The number of carbonyl (C=O) groups excluding carboxylic acids is 5. The van der Waals surface area contributed by atoms with Gasteiger partial charge in [-0.2, -0.15) is 5.01 Å². The maximum Gasteiger partial charge on any atom is 0.344 e. The van der Waals surface area contributed by atoms with Crippen LogP contribution in [-0.4, -0.2) is 53.5 Å². The predicted molar refractivity (Wildman–Crippen MR) is 118 cm³/mol. The zero-order valence-corrected chi connectivity index (χ0v) is 19.7. The van der Waals surface area contributed by atoms with E-state index in [0.717, 1.165) is 0 Å². The summed E-state index contributed by atoms with van der Waals surface area (Å²) in [5.41, 5.74) is 0.332. The van der Waals surface area contributed by atoms with Crippen LogP contribution in [0.4, 0.5) is 19.7 Å². The average molecular weight is 563 g/mol. The SMILES string of the molecule is CC(=O)OCCNC(=O)CC1(C(C)C)NC(=O)N(NC(=O)Nc2ccc(I)cc2F)C1=O. The van der Waals surface area contributed by atoms with Crippen molar-refractivity contribution < 1.29 is 33.1 Å². The van der Waals surface area contributed by atoms with Gasteiger partial charge in [0.2, 0.25) is 5.91 Å². The Labute approximate surface area is 196 Å². The number of hydrogen-bond acceptors (Lipinski definition) is 6. The van der Waals surface area contributed by atoms with Crippen LogP contribution < -0.4 is 21.4 Å². The van der Waals surface area contributed by atoms with Gasteiger partial charge >= 0.3 is 18.0 Å². The van der Waals surface area contributed by atoms with Crippen LogP contribution in [0.3, 0.4) is 0 Å². The average Bonchev–Trinajstić information content (AvgIpc) is 2.92. The first-order chi connectivity index (χ1) is 15.0. The molecular weight excluding hydrogens is 540 g/mol. The van der Waals surface area contributed by atoms with Crippen molar-refractivity contribution in [2.24, 2.45) is 5.92 Å². The summed E-state index contributed by atoms with van der Waals surface area (Å²) in [7, 11) is 0. The van der Waals surface area contributed by atoms with Crippen LogP contribution in [0.1, 0.15) is 27.2 Å². The number of esters is 1. The van der Waals surface area contributed by atoms with Gasteiger partial charge in [-0.1, -0.05) is 13.8 Å². The van der Waals surface area contributed by atoms with E-state index in [1.807, 2.05) is 22.6 Å². The topological polar surface area (TPSA) is 146 Å². The molecular formula is C19H23FIN5O6. The van der Waals surface area contributed by atoms with Gasteiger partial charge in [0.05, 0.1) is 18.7 Å². The summed E-state index contributed by atoms with van der Waals surface area (Å²) in [5, 5.41) is 7.64. The van der Waals surface area contributed by atoms with E-state index >= 15 is 0 Å². The Morgan fingerprint density at radius 2 is 1.97 bits per heavy atom. The van der Waals surface area contributed by atoms with Crippen LogP contribution in [0, 0.1) is 15.3 Å². The number of anilines is 1. The molecule has 0 saturated carbocycles. The molecule has 13 heteroatoms. The molecule has 1 aliphatic heterocycles. The van der Waals surface area contributed by atoms with Crippen LogP contribution in [0.25, 0.3) is 0 Å². The first-order valence-corrected chi connectivity index (χ1v) is 10.6. The Hall–Kier alpha value is -2.97. The van der Waals surface area contributed by atoms with E-state index in [1.165, 1.54) is 19.1 Å². The molecule has 0 aliphatic carbocycles. The number of halogens is 2. The number of rotatable bonds is 8. The number of nitrogens with one attached hydrogen (secondary N) is 4. The molecule has 4 N–H and O–H groups in total. The van der Waals surface area contributed by atoms with E-state index in [0.29, 0.717) is 8.58 Å². The standard InChI is InChI=1S/C19H23FIN5O6/c1-10(2)19(9-15(28)22-6-7-32-11(3)27)16(29)26(18(31)24-19)25-17(30)23-14-5-4-12(21)8-13(14)20/h4-5,8,10H,6-7,9H2,1-3H3,(H,22,28)(H,24,31)(H2,23,25,30). The van der Waals surface area contributed by atoms with Crippen LogP contribution in [0.2, 0.25) is 0 Å². The lowest BCUT2D eigenvalue weighted by molar-refractivity contribution is -0.141. The molecule has 174 valence electrons. The number of amides is 6. The zero-order chi connectivity index (χ0) is 24.1. The lowest BCUT2D eigenvalue weighted by Gasteiger charge is -2.30. The third-order valence-corrected chi connectivity index (χ3v) is 5.34. The van der Waals surface area contributed by atoms with E-state index in [1.54, 1.807) is 19.9 Å². The minimum Gasteiger partial charge on any atom is -0.464 e. The van der Waals surface area contributed by atoms with Gasteiger partial charge < -0.3 is 20.7 Å². The van der Waals surface area contributed by atoms with Gasteiger partial charge in [-0.25, -0.2) is 19.4 Å². The molecule has 32 heavy (non-hydrogen) atoms. The second-order valence-corrected chi connectivity index (χ2v) is 8.50. The lowest BCUT2D eigenvalue weighted by atomic mass is 9.83. The molecule has 1 heterocycles. The van der Waals surface area contributed by atoms with Crippen molar-refractivity contribution in [3.63, 3.8) is 0 Å². The van der Waals surface area contributed by atoms with Crippen molar-refractivity contribution in [3.8, 4) is 0 Å². The van der Waals surface area contributed by atoms with Crippen molar-refractivity contribution >= 4 is 58.1 Å². The highest BCUT2D eigenvalue weighted by molar-refractivity contribution is 14.1. The second-order valence-electron chi connectivity index (χ2n) is 7.25. The van der Waals surface area contributed by atoms with Crippen molar-refractivity contribution in [2.75, 3.05) is 18.5 Å². The van der Waals surface area contributed by atoms with Gasteiger partial charge in [-0.05, 0) is 46.7 Å². The summed E-state index contributed by atoms with van der Waals surface area (Å²) in [6, 6.07) is 2.15. The van der Waals surface area contributed by atoms with Gasteiger partial charge in [0, 0.05) is 10.5 Å². The molecule has 1 saturated heterocycles. The van der Waals surface area contributed by atoms with E-state index < -0.39 is 53.5 Å². The van der Waals surface area contributed by atoms with Crippen molar-refractivity contribution in [1.82, 2.24) is 21.1 Å². The minimum atomic E-state index is -1.61. The van der Waals surface area contributed by atoms with Gasteiger partial charge in [-0.3, -0.25) is 14.4 Å². The molecule has 0 radical (unpaired) electrons. The molecule has 1 aliphatic rings. The van der Waals surface area contributed by atoms with Crippen LogP contribution in [0.5, 0.6) is 0 Å². The van der Waals surface area contributed by atoms with E-state index in [9.17, 15) is 28.4 Å². The number of carbonyl (C=O) groups is 5. The molecule has 0 aromatic heterocycles. The molecule has 1 aromatic carbocycles. The van der Waals surface area contributed by atoms with Crippen molar-refractivity contribution in [3.05, 3.63) is 27.6 Å². The zero-order valence-electron chi connectivity index (χ0n) is 17.6. The number of urea groups is 2. The molecule has 11 nitrogen and oxygen atoms in total. The van der Waals surface area contributed by atoms with Crippen LogP contribution in [-0.2, 0) is 19.1 Å². The Kier molecular flexibility index (Phi) is 8.35. The molecule has 6 amide bonds. The smallest absolute Gasteiger partial charge is 0.344 e. The number of hydrazine groups is 1. The Balaban J connectivity index is 2.05. The first-order valence-electron chi connectivity index (χ1n) is 9.55. The summed E-state index contributed by atoms with van der Waals surface area (Å²) in [5.74, 6) is -3.10. The monoisotopic (exact) mass is 563 g/mol. The molecule has 0 spiro atoms. The summed E-state index contributed by atoms with van der Waals surface area (Å²) in [4.78, 5) is 60.8. The Morgan fingerprint density at radius 1 is 1.28 bits per heavy atom. The largest absolute Gasteiger partial charge is 0.464 e. The molecule has 1 unspecified atom stereocenters. The number of benzene rings is 1. The second kappa shape index (κ2) is 10.6. The molecule has 2 rings (SSSR count). The number of ether oxygens (including phenoxy) is 1. The van der Waals surface area contributed by atoms with Gasteiger partial charge in [0.25, 0.3) is 5.91 Å². The fraction of sp³-hybridized carbons (Fsp3) is 0.421. The van der Waals surface area contributed by atoms with Crippen LogP contribution in [0.15, 0.2) is 18.2 Å². The van der Waals surface area contributed by atoms with E-state index in [-0.39, 0.29) is 18.8 Å². The normalized spacial score (nSPS) is 17.8. The minimum absolute atomic E-state index is 0.0284. The van der Waals surface area contributed by atoms with Crippen LogP contribution >= 0.6 is 22.6 Å². The maximum atomic E-state index is 13.9. The van der Waals surface area contributed by atoms with E-state index in [4.69, 9.17) is 4.74 Å². The number of nitrogens with zero attached hydrogens (tertiary/aromatic N) is 1. The summed E-state index contributed by atoms with van der Waals surface area (Å²) >= 11 is 1.90. The fourth-order valence-corrected chi connectivity index (χ4v) is 3.41. The third kappa shape index (κ3) is 6.05. The molecule has 0 bridgehead atoms. The summed E-state index contributed by atoms with van der Waals surface area (Å²) in [6.45, 7) is 4.48. The lowest BCUT2D eigenvalue weighted by Crippen LogP contribution is -2.56. The van der Waals surface area contributed by atoms with Gasteiger partial charge in [-0.15, -0.1) is 0 Å². The Bertz CT molecular complexity index is 943. The summed E-state index contributed by atoms with van der Waals surface area (Å²) in [6.07, 6.45) is -0.402. The molecule has 1 atom stereocenters. The van der Waals surface area contributed by atoms with Gasteiger partial charge in [0.15, 0.2) is 0 Å².